The number of pyridine rings is 1. The van der Waals surface area contributed by atoms with Gasteiger partial charge in [-0.3, -0.25) is 4.79 Å². The highest BCUT2D eigenvalue weighted by atomic mass is 19.2. The van der Waals surface area contributed by atoms with E-state index in [4.69, 9.17) is 10.8 Å². The lowest BCUT2D eigenvalue weighted by atomic mass is 10.0. The fourth-order valence-electron chi connectivity index (χ4n) is 2.62. The van der Waals surface area contributed by atoms with Crippen LogP contribution in [-0.4, -0.2) is 21.8 Å². The number of hydrogen-bond donors (Lipinski definition) is 2. The van der Waals surface area contributed by atoms with Crippen molar-refractivity contribution in [3.8, 4) is 0 Å². The Morgan fingerprint density at radius 1 is 1.41 bits per heavy atom. The van der Waals surface area contributed by atoms with Crippen LogP contribution in [-0.2, 0) is 0 Å². The molecule has 0 saturated heterocycles. The van der Waals surface area contributed by atoms with Gasteiger partial charge in [0.1, 0.15) is 11.7 Å². The van der Waals surface area contributed by atoms with E-state index in [1.165, 1.54) is 11.5 Å². The quantitative estimate of drug-likeness (QED) is 0.832. The van der Waals surface area contributed by atoms with Gasteiger partial charge in [-0.1, -0.05) is 0 Å². The van der Waals surface area contributed by atoms with E-state index in [2.05, 4.69) is 0 Å². The molecule has 2 atom stereocenters. The van der Waals surface area contributed by atoms with Gasteiger partial charge in [-0.15, -0.1) is 0 Å². The first kappa shape index (κ1) is 14.4. The molecule has 3 rings (SSSR count). The van der Waals surface area contributed by atoms with Crippen LogP contribution in [0.2, 0.25) is 0 Å². The predicted octanol–water partition coefficient (Wildman–Crippen LogP) is 2.15. The summed E-state index contributed by atoms with van der Waals surface area (Å²) in [6.45, 7) is 1.23. The molecule has 1 aromatic carbocycles. The Balaban J connectivity index is 2.56. The minimum atomic E-state index is -1.54. The molecular weight excluding hydrogens is 301 g/mol. The third-order valence-corrected chi connectivity index (χ3v) is 3.89. The van der Waals surface area contributed by atoms with Crippen LogP contribution in [0, 0.1) is 18.6 Å². The van der Waals surface area contributed by atoms with E-state index in [-0.39, 0.29) is 17.5 Å². The van der Waals surface area contributed by atoms with Crippen molar-refractivity contribution in [3.63, 3.8) is 0 Å². The van der Waals surface area contributed by atoms with Gasteiger partial charge in [-0.05, 0) is 6.92 Å². The molecule has 0 radical (unpaired) electrons. The summed E-state index contributed by atoms with van der Waals surface area (Å²) in [6, 6.07) is -0.718. The Kier molecular flexibility index (Phi) is 2.95. The van der Waals surface area contributed by atoms with Gasteiger partial charge in [0.2, 0.25) is 5.43 Å². The summed E-state index contributed by atoms with van der Waals surface area (Å²) in [4.78, 5) is 23.4. The second-order valence-corrected chi connectivity index (χ2v) is 5.29. The first-order valence-electron chi connectivity index (χ1n) is 6.45. The first-order valence-corrected chi connectivity index (χ1v) is 6.45. The van der Waals surface area contributed by atoms with Crippen molar-refractivity contribution in [1.29, 1.82) is 0 Å². The standard InChI is InChI=1S/C14H11F3N2O3/c1-4-9(16)10(17)11(18)8-12(4)19(7-2-6(7)15)3-5(13(8)20)14(21)22/h3,6-7H,2,18H2,1H3,(H,21,22). The number of nitrogens with zero attached hydrogens (tertiary/aromatic N) is 1. The molecule has 8 heteroatoms. The monoisotopic (exact) mass is 312 g/mol. The number of carbonyl (C=O) groups is 1. The van der Waals surface area contributed by atoms with Gasteiger partial charge in [0, 0.05) is 18.2 Å². The normalized spacial score (nSPS) is 20.4. The van der Waals surface area contributed by atoms with Gasteiger partial charge in [-0.2, -0.15) is 0 Å². The minimum Gasteiger partial charge on any atom is -0.477 e. The van der Waals surface area contributed by atoms with Crippen molar-refractivity contribution < 1.29 is 23.1 Å². The molecule has 116 valence electrons. The number of nitrogens with two attached hydrogens (primary N) is 1. The number of benzene rings is 1. The number of aromatic nitrogens is 1. The predicted molar refractivity (Wildman–Crippen MR) is 72.8 cm³/mol. The number of halogens is 3. The van der Waals surface area contributed by atoms with E-state index < -0.39 is 51.9 Å². The number of carboxylic acids is 1. The van der Waals surface area contributed by atoms with Crippen LogP contribution in [0.5, 0.6) is 0 Å². The maximum absolute atomic E-state index is 13.9. The molecule has 2 aromatic rings. The van der Waals surface area contributed by atoms with Gasteiger partial charge < -0.3 is 15.4 Å². The molecule has 5 nitrogen and oxygen atoms in total. The highest BCUT2D eigenvalue weighted by Gasteiger charge is 2.41. The van der Waals surface area contributed by atoms with Crippen LogP contribution < -0.4 is 11.2 Å². The third-order valence-electron chi connectivity index (χ3n) is 3.89. The zero-order valence-corrected chi connectivity index (χ0v) is 11.4. The number of nitrogen functional groups attached to an aromatic ring is 1. The van der Waals surface area contributed by atoms with E-state index >= 15 is 0 Å². The smallest absolute Gasteiger partial charge is 0.341 e. The van der Waals surface area contributed by atoms with Crippen LogP contribution in [0.4, 0.5) is 18.9 Å². The number of aromatic carboxylic acids is 1. The van der Waals surface area contributed by atoms with Crippen LogP contribution in [0.15, 0.2) is 11.0 Å². The van der Waals surface area contributed by atoms with E-state index in [9.17, 15) is 22.8 Å². The molecule has 0 bridgehead atoms. The van der Waals surface area contributed by atoms with Gasteiger partial charge >= 0.3 is 5.97 Å². The second kappa shape index (κ2) is 4.49. The van der Waals surface area contributed by atoms with Crippen molar-refractivity contribution >= 4 is 22.6 Å². The van der Waals surface area contributed by atoms with Crippen molar-refractivity contribution in [2.75, 3.05) is 5.73 Å². The maximum Gasteiger partial charge on any atom is 0.341 e. The number of hydrogen-bond acceptors (Lipinski definition) is 3. The lowest BCUT2D eigenvalue weighted by molar-refractivity contribution is 0.0694. The molecule has 3 N–H and O–H groups in total. The number of carboxylic acid groups (broad SMARTS) is 1. The Morgan fingerprint density at radius 2 is 2.00 bits per heavy atom. The molecule has 1 saturated carbocycles. The fourth-order valence-corrected chi connectivity index (χ4v) is 2.62. The summed E-state index contributed by atoms with van der Waals surface area (Å²) >= 11 is 0. The van der Waals surface area contributed by atoms with Crippen LogP contribution >= 0.6 is 0 Å². The zero-order valence-electron chi connectivity index (χ0n) is 11.4. The van der Waals surface area contributed by atoms with Crippen LogP contribution in [0.1, 0.15) is 28.4 Å². The summed E-state index contributed by atoms with van der Waals surface area (Å²) in [5, 5.41) is 8.65. The first-order chi connectivity index (χ1) is 10.3. The molecular formula is C14H11F3N2O3. The number of anilines is 1. The SMILES string of the molecule is Cc1c(F)c(F)c(N)c2c(=O)c(C(=O)O)cn(C3CC3F)c12. The lowest BCUT2D eigenvalue weighted by Gasteiger charge is -2.16. The third kappa shape index (κ3) is 1.79. The second-order valence-electron chi connectivity index (χ2n) is 5.29. The molecule has 0 aliphatic heterocycles. The number of aryl methyl sites for hydroxylation is 1. The lowest BCUT2D eigenvalue weighted by Crippen LogP contribution is -2.21. The Labute approximate surface area is 121 Å². The molecule has 1 aromatic heterocycles. The molecule has 1 aliphatic rings. The fraction of sp³-hybridized carbons (Fsp3) is 0.286. The minimum absolute atomic E-state index is 0.0726. The summed E-state index contributed by atoms with van der Waals surface area (Å²) in [6.07, 6.45) is -0.169. The van der Waals surface area contributed by atoms with E-state index in [1.807, 2.05) is 0 Å². The number of rotatable bonds is 2. The molecule has 22 heavy (non-hydrogen) atoms. The number of alkyl halides is 1. The average Bonchev–Trinajstić information content (AvgIpc) is 3.18. The topological polar surface area (TPSA) is 85.3 Å². The van der Waals surface area contributed by atoms with Gasteiger partial charge in [0.15, 0.2) is 11.6 Å². The van der Waals surface area contributed by atoms with E-state index in [0.29, 0.717) is 0 Å². The summed E-state index contributed by atoms with van der Waals surface area (Å²) in [7, 11) is 0. The van der Waals surface area contributed by atoms with E-state index in [1.54, 1.807) is 0 Å². The molecule has 0 spiro atoms. The Hall–Kier alpha value is -2.51. The Bertz CT molecular complexity index is 892. The molecule has 1 heterocycles. The molecule has 1 aliphatic carbocycles. The van der Waals surface area contributed by atoms with Crippen molar-refractivity contribution in [1.82, 2.24) is 4.57 Å². The average molecular weight is 312 g/mol. The summed E-state index contributed by atoms with van der Waals surface area (Å²) in [5.74, 6) is -4.19. The molecule has 0 amide bonds. The van der Waals surface area contributed by atoms with Crippen LogP contribution in [0.3, 0.4) is 0 Å². The Morgan fingerprint density at radius 3 is 2.50 bits per heavy atom. The zero-order chi connectivity index (χ0) is 16.3. The van der Waals surface area contributed by atoms with Crippen molar-refractivity contribution in [2.24, 2.45) is 0 Å². The molecule has 1 fully saturated rings. The maximum atomic E-state index is 13.9. The van der Waals surface area contributed by atoms with Crippen LogP contribution in [0.25, 0.3) is 10.9 Å². The van der Waals surface area contributed by atoms with Crippen molar-refractivity contribution in [2.45, 2.75) is 25.6 Å². The number of fused-ring (bicyclic) bond motifs is 1. The van der Waals surface area contributed by atoms with Gasteiger partial charge in [0.25, 0.3) is 0 Å². The largest absolute Gasteiger partial charge is 0.477 e. The van der Waals surface area contributed by atoms with E-state index in [0.717, 1.165) is 6.20 Å². The summed E-state index contributed by atoms with van der Waals surface area (Å²) < 4.78 is 42.2. The highest BCUT2D eigenvalue weighted by molar-refractivity contribution is 5.98. The summed E-state index contributed by atoms with van der Waals surface area (Å²) in [5.41, 5.74) is 2.73. The van der Waals surface area contributed by atoms with Crippen molar-refractivity contribution in [3.05, 3.63) is 39.2 Å². The van der Waals surface area contributed by atoms with Gasteiger partial charge in [-0.25, -0.2) is 18.0 Å². The van der Waals surface area contributed by atoms with Gasteiger partial charge in [0.05, 0.1) is 22.6 Å². The highest BCUT2D eigenvalue weighted by Crippen LogP contribution is 2.42. The molecule has 2 unspecified atom stereocenters.